The maximum atomic E-state index is 12.5. The first-order valence-corrected chi connectivity index (χ1v) is 7.67. The molecule has 1 fully saturated rings. The summed E-state index contributed by atoms with van der Waals surface area (Å²) in [5, 5.41) is 0. The molecule has 2 heterocycles. The molecular formula is C15H10N2OSSe. The van der Waals surface area contributed by atoms with Crippen LogP contribution in [0.5, 0.6) is 0 Å². The number of carbonyl (C=O) groups excluding carboxylic acids is 1. The Hall–Kier alpha value is -1.68. The summed E-state index contributed by atoms with van der Waals surface area (Å²) in [5.41, 5.74) is 1.65. The van der Waals surface area contributed by atoms with Gasteiger partial charge < -0.3 is 0 Å². The molecule has 3 rings (SSSR count). The van der Waals surface area contributed by atoms with Crippen molar-refractivity contribution in [1.82, 2.24) is 4.98 Å². The van der Waals surface area contributed by atoms with Gasteiger partial charge in [-0.15, -0.1) is 0 Å². The van der Waals surface area contributed by atoms with E-state index in [1.807, 2.05) is 54.6 Å². The molecule has 0 spiro atoms. The van der Waals surface area contributed by atoms with E-state index < -0.39 is 0 Å². The predicted molar refractivity (Wildman–Crippen MR) is 84.5 cm³/mol. The van der Waals surface area contributed by atoms with E-state index in [2.05, 4.69) is 20.6 Å². The molecule has 0 atom stereocenters. The first kappa shape index (κ1) is 13.3. The van der Waals surface area contributed by atoms with Crippen molar-refractivity contribution in [3.05, 3.63) is 65.3 Å². The van der Waals surface area contributed by atoms with E-state index in [0.717, 1.165) is 15.3 Å². The molecule has 20 heavy (non-hydrogen) atoms. The summed E-state index contributed by atoms with van der Waals surface area (Å²) in [6.07, 6.45) is 3.53. The van der Waals surface area contributed by atoms with E-state index in [4.69, 9.17) is 0 Å². The fourth-order valence-electron chi connectivity index (χ4n) is 1.86. The number of pyridine rings is 1. The minimum atomic E-state index is -0.0272. The molecule has 5 heteroatoms. The quantitative estimate of drug-likeness (QED) is 0.619. The molecular weight excluding hydrogens is 335 g/mol. The van der Waals surface area contributed by atoms with Gasteiger partial charge in [0, 0.05) is 0 Å². The second-order valence-electron chi connectivity index (χ2n) is 4.11. The molecule has 3 nitrogen and oxygen atoms in total. The van der Waals surface area contributed by atoms with Crippen molar-refractivity contribution in [1.29, 1.82) is 0 Å². The van der Waals surface area contributed by atoms with Crippen LogP contribution in [0.2, 0.25) is 0 Å². The van der Waals surface area contributed by atoms with Crippen molar-refractivity contribution < 1.29 is 4.79 Å². The standard InChI is InChI=1S/C15H10N2OSSe/c18-14-13(10-11-6-4-5-9-16-11)19-15(20)17(14)12-7-2-1-3-8-12/h1-10H/b13-10-. The van der Waals surface area contributed by atoms with E-state index in [9.17, 15) is 4.79 Å². The number of amides is 1. The van der Waals surface area contributed by atoms with E-state index in [0.29, 0.717) is 4.91 Å². The fraction of sp³-hybridized carbons (Fsp3) is 0. The molecule has 1 saturated heterocycles. The average molecular weight is 345 g/mol. The summed E-state index contributed by atoms with van der Waals surface area (Å²) >= 11 is 4.39. The van der Waals surface area contributed by atoms with Gasteiger partial charge in [-0.1, -0.05) is 0 Å². The normalized spacial score (nSPS) is 17.0. The van der Waals surface area contributed by atoms with Crippen molar-refractivity contribution in [2.45, 2.75) is 0 Å². The monoisotopic (exact) mass is 346 g/mol. The third kappa shape index (κ3) is 2.61. The summed E-state index contributed by atoms with van der Waals surface area (Å²) in [5.74, 6) is -0.0272. The first-order valence-electron chi connectivity index (χ1n) is 6.00. The average Bonchev–Trinajstić information content (AvgIpc) is 2.75. The van der Waals surface area contributed by atoms with Gasteiger partial charge in [0.2, 0.25) is 0 Å². The van der Waals surface area contributed by atoms with E-state index in [-0.39, 0.29) is 5.91 Å². The van der Waals surface area contributed by atoms with Crippen LogP contribution in [0.25, 0.3) is 6.08 Å². The number of anilines is 1. The van der Waals surface area contributed by atoms with Gasteiger partial charge in [0.1, 0.15) is 0 Å². The van der Waals surface area contributed by atoms with Gasteiger partial charge in [-0.2, -0.15) is 0 Å². The Morgan fingerprint density at radius 1 is 1.10 bits per heavy atom. The van der Waals surface area contributed by atoms with Crippen molar-refractivity contribution in [3.8, 4) is 0 Å². The van der Waals surface area contributed by atoms with Crippen molar-refractivity contribution in [3.63, 3.8) is 0 Å². The number of rotatable bonds is 2. The molecule has 0 saturated carbocycles. The Bertz CT molecular complexity index is 686. The minimum absolute atomic E-state index is 0.0272. The van der Waals surface area contributed by atoms with Crippen LogP contribution >= 0.6 is 11.8 Å². The second-order valence-corrected chi connectivity index (χ2v) is 6.53. The van der Waals surface area contributed by atoms with E-state index >= 15 is 0 Å². The Balaban J connectivity index is 1.93. The van der Waals surface area contributed by atoms with Crippen molar-refractivity contribution in [2.75, 3.05) is 4.90 Å². The van der Waals surface area contributed by atoms with Crippen LogP contribution < -0.4 is 4.90 Å². The van der Waals surface area contributed by atoms with Gasteiger partial charge in [-0.3, -0.25) is 0 Å². The van der Waals surface area contributed by atoms with Gasteiger partial charge in [0.25, 0.3) is 0 Å². The molecule has 0 unspecified atom stereocenters. The summed E-state index contributed by atoms with van der Waals surface area (Å²) in [6.45, 7) is 0. The Kier molecular flexibility index (Phi) is 3.83. The van der Waals surface area contributed by atoms with Crippen LogP contribution in [0.3, 0.4) is 0 Å². The summed E-state index contributed by atoms with van der Waals surface area (Å²) in [4.78, 5) is 19.1. The van der Waals surface area contributed by atoms with Crippen LogP contribution in [0.1, 0.15) is 5.69 Å². The molecule has 1 aliphatic rings. The van der Waals surface area contributed by atoms with Crippen LogP contribution in [0.15, 0.2) is 59.6 Å². The van der Waals surface area contributed by atoms with Gasteiger partial charge >= 0.3 is 129 Å². The zero-order valence-electron chi connectivity index (χ0n) is 10.4. The van der Waals surface area contributed by atoms with Crippen LogP contribution in [-0.4, -0.2) is 30.3 Å². The molecule has 0 aliphatic carbocycles. The Morgan fingerprint density at radius 3 is 2.55 bits per heavy atom. The molecule has 1 aliphatic heterocycles. The molecule has 0 bridgehead atoms. The number of hydrogen-bond acceptors (Lipinski definition) is 3. The SMILES string of the molecule is O=C1/C(=C/c2ccccn2)SC(=[Se])N1c1ccccc1. The van der Waals surface area contributed by atoms with Crippen molar-refractivity contribution in [2.24, 2.45) is 0 Å². The second kappa shape index (κ2) is 5.75. The third-order valence-electron chi connectivity index (χ3n) is 2.77. The third-order valence-corrected chi connectivity index (χ3v) is 4.55. The van der Waals surface area contributed by atoms with Crippen LogP contribution in [-0.2, 0) is 4.79 Å². The number of carbonyl (C=O) groups is 1. The number of benzene rings is 1. The zero-order valence-corrected chi connectivity index (χ0v) is 12.9. The number of thioether (sulfide) groups is 1. The van der Waals surface area contributed by atoms with E-state index in [1.54, 1.807) is 11.1 Å². The Labute approximate surface area is 129 Å². The van der Waals surface area contributed by atoms with Crippen molar-refractivity contribution >= 4 is 48.9 Å². The Morgan fingerprint density at radius 2 is 1.85 bits per heavy atom. The molecule has 98 valence electrons. The number of hydrogen-bond donors (Lipinski definition) is 0. The van der Waals surface area contributed by atoms with E-state index in [1.165, 1.54) is 11.8 Å². The first-order chi connectivity index (χ1) is 9.75. The number of para-hydroxylation sites is 1. The topological polar surface area (TPSA) is 33.2 Å². The van der Waals surface area contributed by atoms with Crippen LogP contribution in [0.4, 0.5) is 5.69 Å². The predicted octanol–water partition coefficient (Wildman–Crippen LogP) is 2.46. The summed E-state index contributed by atoms with van der Waals surface area (Å²) < 4.78 is 0.836. The molecule has 1 aromatic heterocycles. The van der Waals surface area contributed by atoms with Gasteiger partial charge in [0.05, 0.1) is 0 Å². The summed E-state index contributed by atoms with van der Waals surface area (Å²) in [6, 6.07) is 15.2. The molecule has 2 aromatic rings. The zero-order chi connectivity index (χ0) is 13.9. The number of aromatic nitrogens is 1. The van der Waals surface area contributed by atoms with Gasteiger partial charge in [-0.05, 0) is 0 Å². The molecule has 1 amide bonds. The fourth-order valence-corrected chi connectivity index (χ4v) is 3.65. The summed E-state index contributed by atoms with van der Waals surface area (Å²) in [7, 11) is 0. The molecule has 0 N–H and O–H groups in total. The maximum absolute atomic E-state index is 12.5. The van der Waals surface area contributed by atoms with Gasteiger partial charge in [-0.25, -0.2) is 0 Å². The molecule has 0 radical (unpaired) electrons. The molecule has 1 aromatic carbocycles. The number of nitrogens with zero attached hydrogens (tertiary/aromatic N) is 2. The van der Waals surface area contributed by atoms with Crippen LogP contribution in [0, 0.1) is 0 Å². The van der Waals surface area contributed by atoms with Gasteiger partial charge in [0.15, 0.2) is 0 Å².